The van der Waals surface area contributed by atoms with Crippen LogP contribution in [0.4, 0.5) is 4.39 Å². The lowest BCUT2D eigenvalue weighted by Gasteiger charge is -2.17. The fraction of sp³-hybridized carbons (Fsp3) is 0.500. The summed E-state index contributed by atoms with van der Waals surface area (Å²) in [7, 11) is 0. The Morgan fingerprint density at radius 3 is 2.38 bits per heavy atom. The van der Waals surface area contributed by atoms with E-state index in [0.29, 0.717) is 5.75 Å². The maximum atomic E-state index is 13.6. The summed E-state index contributed by atoms with van der Waals surface area (Å²) in [5, 5.41) is 9.65. The number of ether oxygens (including phenoxy) is 1. The highest BCUT2D eigenvalue weighted by Gasteiger charge is 2.17. The minimum Gasteiger partial charge on any atom is -0.491 e. The Bertz CT molecular complexity index is 353. The molecule has 0 aliphatic rings. The van der Waals surface area contributed by atoms with Gasteiger partial charge in [0.15, 0.2) is 0 Å². The zero-order valence-corrected chi connectivity index (χ0v) is 9.77. The van der Waals surface area contributed by atoms with Crippen LogP contribution in [0.5, 0.6) is 5.75 Å². The van der Waals surface area contributed by atoms with E-state index in [0.717, 1.165) is 0 Å². The molecule has 16 heavy (non-hydrogen) atoms. The highest BCUT2D eigenvalue weighted by Crippen LogP contribution is 2.24. The predicted molar refractivity (Wildman–Crippen MR) is 60.8 cm³/mol. The molecule has 0 radical (unpaired) electrons. The van der Waals surface area contributed by atoms with E-state index < -0.39 is 18.0 Å². The molecule has 0 saturated heterocycles. The minimum absolute atomic E-state index is 0.0106. The van der Waals surface area contributed by atoms with Crippen LogP contribution in [0.25, 0.3) is 0 Å². The molecule has 1 rings (SSSR count). The van der Waals surface area contributed by atoms with Gasteiger partial charge in [-0.05, 0) is 32.9 Å². The summed E-state index contributed by atoms with van der Waals surface area (Å²) in [6.07, 6.45) is -1.00. The molecule has 0 saturated carbocycles. The van der Waals surface area contributed by atoms with E-state index in [4.69, 9.17) is 10.5 Å². The Kier molecular flexibility index (Phi) is 4.26. The summed E-state index contributed by atoms with van der Waals surface area (Å²) in [6, 6.07) is 3.89. The summed E-state index contributed by atoms with van der Waals surface area (Å²) in [5.41, 5.74) is 5.71. The Morgan fingerprint density at radius 1 is 1.31 bits per heavy atom. The van der Waals surface area contributed by atoms with E-state index in [9.17, 15) is 9.50 Å². The van der Waals surface area contributed by atoms with Crippen molar-refractivity contribution in [1.82, 2.24) is 0 Å². The van der Waals surface area contributed by atoms with Crippen molar-refractivity contribution in [3.05, 3.63) is 29.6 Å². The number of rotatable bonds is 4. The maximum Gasteiger partial charge on any atom is 0.132 e. The quantitative estimate of drug-likeness (QED) is 0.827. The molecular weight excluding hydrogens is 209 g/mol. The van der Waals surface area contributed by atoms with E-state index >= 15 is 0 Å². The van der Waals surface area contributed by atoms with Crippen molar-refractivity contribution < 1.29 is 14.2 Å². The second-order valence-electron chi connectivity index (χ2n) is 4.15. The average Bonchev–Trinajstić information content (AvgIpc) is 2.15. The van der Waals surface area contributed by atoms with E-state index in [1.165, 1.54) is 12.1 Å². The van der Waals surface area contributed by atoms with Crippen LogP contribution in [0.2, 0.25) is 0 Å². The first kappa shape index (κ1) is 12.9. The summed E-state index contributed by atoms with van der Waals surface area (Å²) in [4.78, 5) is 0. The van der Waals surface area contributed by atoms with Crippen molar-refractivity contribution in [2.45, 2.75) is 39.0 Å². The molecule has 0 amide bonds. The zero-order chi connectivity index (χ0) is 12.3. The topological polar surface area (TPSA) is 55.5 Å². The smallest absolute Gasteiger partial charge is 0.132 e. The third-order valence-corrected chi connectivity index (χ3v) is 2.16. The Labute approximate surface area is 95.0 Å². The molecule has 0 aliphatic heterocycles. The number of benzene rings is 1. The van der Waals surface area contributed by atoms with Crippen LogP contribution >= 0.6 is 0 Å². The summed E-state index contributed by atoms with van der Waals surface area (Å²) in [5.74, 6) is -0.0453. The predicted octanol–water partition coefficient (Wildman–Crippen LogP) is 1.99. The molecule has 1 aromatic carbocycles. The molecule has 0 aromatic heterocycles. The molecule has 1 aromatic rings. The van der Waals surface area contributed by atoms with E-state index in [2.05, 4.69) is 0 Å². The lowest BCUT2D eigenvalue weighted by molar-refractivity contribution is 0.148. The first-order valence-electron chi connectivity index (χ1n) is 5.31. The molecule has 3 N–H and O–H groups in total. The normalized spacial score (nSPS) is 14.9. The van der Waals surface area contributed by atoms with Gasteiger partial charge in [0.2, 0.25) is 0 Å². The Morgan fingerprint density at radius 2 is 1.94 bits per heavy atom. The van der Waals surface area contributed by atoms with Crippen LogP contribution in [-0.4, -0.2) is 17.3 Å². The van der Waals surface area contributed by atoms with Gasteiger partial charge in [-0.3, -0.25) is 0 Å². The fourth-order valence-electron chi connectivity index (χ4n) is 1.38. The van der Waals surface area contributed by atoms with Crippen molar-refractivity contribution in [2.24, 2.45) is 5.73 Å². The van der Waals surface area contributed by atoms with Crippen LogP contribution in [-0.2, 0) is 0 Å². The summed E-state index contributed by atoms with van der Waals surface area (Å²) < 4.78 is 19.0. The van der Waals surface area contributed by atoms with Crippen molar-refractivity contribution in [2.75, 3.05) is 0 Å². The summed E-state index contributed by atoms with van der Waals surface area (Å²) in [6.45, 7) is 5.36. The van der Waals surface area contributed by atoms with Crippen LogP contribution < -0.4 is 10.5 Å². The number of aliphatic hydroxyl groups excluding tert-OH is 1. The molecule has 0 bridgehead atoms. The van der Waals surface area contributed by atoms with E-state index in [1.807, 2.05) is 13.8 Å². The molecule has 0 spiro atoms. The largest absolute Gasteiger partial charge is 0.491 e. The number of nitrogens with two attached hydrogens (primary N) is 1. The number of aliphatic hydroxyl groups is 1. The van der Waals surface area contributed by atoms with E-state index in [-0.39, 0.29) is 11.7 Å². The number of hydrogen-bond acceptors (Lipinski definition) is 3. The highest BCUT2D eigenvalue weighted by atomic mass is 19.1. The molecule has 0 heterocycles. The number of hydrogen-bond donors (Lipinski definition) is 2. The fourth-order valence-corrected chi connectivity index (χ4v) is 1.38. The number of halogens is 1. The lowest BCUT2D eigenvalue weighted by Crippen LogP contribution is -2.25. The van der Waals surface area contributed by atoms with Crippen LogP contribution in [0.15, 0.2) is 18.2 Å². The van der Waals surface area contributed by atoms with Gasteiger partial charge in [-0.1, -0.05) is 0 Å². The second kappa shape index (κ2) is 5.27. The van der Waals surface area contributed by atoms with Gasteiger partial charge in [-0.15, -0.1) is 0 Å². The van der Waals surface area contributed by atoms with Crippen LogP contribution in [0.1, 0.15) is 32.4 Å². The van der Waals surface area contributed by atoms with Gasteiger partial charge in [0.05, 0.1) is 12.2 Å². The monoisotopic (exact) mass is 227 g/mol. The highest BCUT2D eigenvalue weighted by molar-refractivity contribution is 5.30. The van der Waals surface area contributed by atoms with E-state index in [1.54, 1.807) is 13.0 Å². The van der Waals surface area contributed by atoms with Gasteiger partial charge in [-0.25, -0.2) is 4.39 Å². The molecular formula is C12H18FNO2. The maximum absolute atomic E-state index is 13.6. The van der Waals surface area contributed by atoms with Crippen LogP contribution in [0.3, 0.4) is 0 Å². The summed E-state index contributed by atoms with van der Waals surface area (Å²) >= 11 is 0. The average molecular weight is 227 g/mol. The molecule has 0 fully saturated rings. The van der Waals surface area contributed by atoms with Gasteiger partial charge in [0.1, 0.15) is 11.6 Å². The SMILES string of the molecule is CC(C)Oc1ccc(C(O)C(C)N)c(F)c1. The molecule has 2 atom stereocenters. The molecule has 4 heteroatoms. The van der Waals surface area contributed by atoms with Gasteiger partial charge in [0, 0.05) is 17.7 Å². The third kappa shape index (κ3) is 3.18. The van der Waals surface area contributed by atoms with Crippen molar-refractivity contribution in [3.8, 4) is 5.75 Å². The molecule has 90 valence electrons. The van der Waals surface area contributed by atoms with Gasteiger partial charge >= 0.3 is 0 Å². The van der Waals surface area contributed by atoms with Crippen LogP contribution in [0, 0.1) is 5.82 Å². The third-order valence-electron chi connectivity index (χ3n) is 2.16. The zero-order valence-electron chi connectivity index (χ0n) is 9.77. The van der Waals surface area contributed by atoms with Crippen molar-refractivity contribution >= 4 is 0 Å². The van der Waals surface area contributed by atoms with Gasteiger partial charge in [0.25, 0.3) is 0 Å². The molecule has 3 nitrogen and oxygen atoms in total. The molecule has 2 unspecified atom stereocenters. The second-order valence-corrected chi connectivity index (χ2v) is 4.15. The van der Waals surface area contributed by atoms with Gasteiger partial charge in [-0.2, -0.15) is 0 Å². The lowest BCUT2D eigenvalue weighted by atomic mass is 10.0. The standard InChI is InChI=1S/C12H18FNO2/c1-7(2)16-9-4-5-10(11(13)6-9)12(15)8(3)14/h4-8,12,15H,14H2,1-3H3. The minimum atomic E-state index is -0.992. The van der Waals surface area contributed by atoms with Gasteiger partial charge < -0.3 is 15.6 Å². The Balaban J connectivity index is 2.91. The first-order chi connectivity index (χ1) is 7.41. The van der Waals surface area contributed by atoms with Crippen molar-refractivity contribution in [3.63, 3.8) is 0 Å². The molecule has 0 aliphatic carbocycles. The first-order valence-corrected chi connectivity index (χ1v) is 5.31. The Hall–Kier alpha value is -1.13. The van der Waals surface area contributed by atoms with Crippen molar-refractivity contribution in [1.29, 1.82) is 0 Å².